The molecule has 5 nitrogen and oxygen atoms in total. The van der Waals surface area contributed by atoms with E-state index in [1.54, 1.807) is 48.9 Å². The highest BCUT2D eigenvalue weighted by molar-refractivity contribution is 7.93. The molecule has 1 aromatic heterocycles. The first kappa shape index (κ1) is 15.6. The van der Waals surface area contributed by atoms with Crippen LogP contribution in [0, 0.1) is 0 Å². The van der Waals surface area contributed by atoms with E-state index in [-0.39, 0.29) is 4.90 Å². The molecule has 0 spiro atoms. The van der Waals surface area contributed by atoms with E-state index < -0.39 is 20.8 Å². The molecular formula is C16H14N2O3S2. The number of nitrogens with zero attached hydrogens (tertiary/aromatic N) is 1. The van der Waals surface area contributed by atoms with Gasteiger partial charge in [0.2, 0.25) is 0 Å². The quantitative estimate of drug-likeness (QED) is 0.788. The first-order chi connectivity index (χ1) is 11.0. The molecule has 0 saturated carbocycles. The average Bonchev–Trinajstić information content (AvgIpc) is 2.54. The maximum Gasteiger partial charge on any atom is 0.262 e. The van der Waals surface area contributed by atoms with Crippen LogP contribution in [0.2, 0.25) is 0 Å². The van der Waals surface area contributed by atoms with Crippen LogP contribution in [0.3, 0.4) is 0 Å². The number of fused-ring (bicyclic) bond motifs is 1. The van der Waals surface area contributed by atoms with Gasteiger partial charge in [0.25, 0.3) is 10.0 Å². The first-order valence-corrected chi connectivity index (χ1v) is 9.80. The van der Waals surface area contributed by atoms with Gasteiger partial charge in [-0.1, -0.05) is 18.2 Å². The summed E-state index contributed by atoms with van der Waals surface area (Å²) in [4.78, 5) is 4.72. The second-order valence-electron chi connectivity index (χ2n) is 4.94. The lowest BCUT2D eigenvalue weighted by atomic mass is 10.2. The summed E-state index contributed by atoms with van der Waals surface area (Å²) in [5.41, 5.74) is 0.374. The molecule has 0 aliphatic carbocycles. The van der Waals surface area contributed by atoms with Crippen molar-refractivity contribution in [3.8, 4) is 0 Å². The third kappa shape index (κ3) is 3.25. The molecule has 0 fully saturated rings. The highest BCUT2D eigenvalue weighted by Gasteiger charge is 2.17. The Hall–Kier alpha value is -2.25. The van der Waals surface area contributed by atoms with Gasteiger partial charge in [-0.2, -0.15) is 0 Å². The van der Waals surface area contributed by atoms with Crippen LogP contribution < -0.4 is 4.72 Å². The summed E-state index contributed by atoms with van der Waals surface area (Å²) in [6, 6.07) is 13.4. The molecule has 1 heterocycles. The van der Waals surface area contributed by atoms with Gasteiger partial charge in [-0.25, -0.2) is 8.42 Å². The predicted octanol–water partition coefficient (Wildman–Crippen LogP) is 2.77. The standard InChI is InChI=1S/C16H14N2O3S2/c1-22(19)14-6-3-5-13(10-14)18-23(20,21)16-7-2-4-12-8-9-17-11-15(12)16/h2-11,18H,1H3. The Morgan fingerprint density at radius 3 is 2.65 bits per heavy atom. The minimum Gasteiger partial charge on any atom is -0.280 e. The zero-order chi connectivity index (χ0) is 16.4. The predicted molar refractivity (Wildman–Crippen MR) is 91.3 cm³/mol. The largest absolute Gasteiger partial charge is 0.280 e. The number of pyridine rings is 1. The molecular weight excluding hydrogens is 332 g/mol. The van der Waals surface area contributed by atoms with Gasteiger partial charge < -0.3 is 0 Å². The van der Waals surface area contributed by atoms with Crippen molar-refractivity contribution in [3.05, 3.63) is 60.9 Å². The molecule has 118 valence electrons. The Bertz CT molecular complexity index is 996. The van der Waals surface area contributed by atoms with Gasteiger partial charge in [-0.15, -0.1) is 0 Å². The Morgan fingerprint density at radius 1 is 1.09 bits per heavy atom. The van der Waals surface area contributed by atoms with E-state index in [9.17, 15) is 12.6 Å². The maximum atomic E-state index is 12.7. The molecule has 7 heteroatoms. The molecule has 0 aliphatic heterocycles. The summed E-state index contributed by atoms with van der Waals surface area (Å²) >= 11 is 0. The average molecular weight is 346 g/mol. The number of hydrogen-bond donors (Lipinski definition) is 1. The molecule has 1 atom stereocenters. The van der Waals surface area contributed by atoms with Gasteiger partial charge in [0.1, 0.15) is 0 Å². The normalized spacial score (nSPS) is 12.9. The van der Waals surface area contributed by atoms with E-state index in [0.29, 0.717) is 16.0 Å². The molecule has 3 aromatic rings. The van der Waals surface area contributed by atoms with E-state index >= 15 is 0 Å². The molecule has 0 saturated heterocycles. The van der Waals surface area contributed by atoms with E-state index in [4.69, 9.17) is 0 Å². The van der Waals surface area contributed by atoms with Crippen LogP contribution in [0.15, 0.2) is 70.7 Å². The van der Waals surface area contributed by atoms with E-state index in [1.807, 2.05) is 6.07 Å². The highest BCUT2D eigenvalue weighted by atomic mass is 32.2. The molecule has 0 amide bonds. The SMILES string of the molecule is CS(=O)c1cccc(NS(=O)(=O)c2cccc3ccncc23)c1. The minimum atomic E-state index is -3.77. The Labute approximate surface area is 136 Å². The van der Waals surface area contributed by atoms with Crippen LogP contribution in [0.5, 0.6) is 0 Å². The smallest absolute Gasteiger partial charge is 0.262 e. The first-order valence-electron chi connectivity index (χ1n) is 6.76. The summed E-state index contributed by atoms with van der Waals surface area (Å²) < 4.78 is 39.4. The third-order valence-corrected chi connectivity index (χ3v) is 5.71. The second kappa shape index (κ2) is 6.10. The summed E-state index contributed by atoms with van der Waals surface area (Å²) in [6.45, 7) is 0. The Balaban J connectivity index is 2.05. The number of anilines is 1. The zero-order valence-electron chi connectivity index (χ0n) is 12.3. The van der Waals surface area contributed by atoms with E-state index in [0.717, 1.165) is 5.39 Å². The zero-order valence-corrected chi connectivity index (χ0v) is 13.9. The van der Waals surface area contributed by atoms with Crippen LogP contribution in [0.4, 0.5) is 5.69 Å². The van der Waals surface area contributed by atoms with Crippen molar-refractivity contribution in [1.29, 1.82) is 0 Å². The Morgan fingerprint density at radius 2 is 1.87 bits per heavy atom. The number of rotatable bonds is 4. The van der Waals surface area contributed by atoms with Gasteiger partial charge in [0, 0.05) is 39.7 Å². The fourth-order valence-electron chi connectivity index (χ4n) is 2.27. The summed E-state index contributed by atoms with van der Waals surface area (Å²) in [7, 11) is -4.95. The number of sulfonamides is 1. The fraction of sp³-hybridized carbons (Fsp3) is 0.0625. The van der Waals surface area contributed by atoms with E-state index in [1.165, 1.54) is 12.3 Å². The van der Waals surface area contributed by atoms with Crippen molar-refractivity contribution in [2.24, 2.45) is 0 Å². The van der Waals surface area contributed by atoms with Crippen molar-refractivity contribution in [2.75, 3.05) is 11.0 Å². The van der Waals surface area contributed by atoms with Crippen molar-refractivity contribution in [3.63, 3.8) is 0 Å². The van der Waals surface area contributed by atoms with Gasteiger partial charge in [-0.3, -0.25) is 13.9 Å². The van der Waals surface area contributed by atoms with Crippen LogP contribution in [0.1, 0.15) is 0 Å². The molecule has 0 aliphatic rings. The lowest BCUT2D eigenvalue weighted by Gasteiger charge is -2.11. The number of benzene rings is 2. The summed E-state index contributed by atoms with van der Waals surface area (Å²) in [5.74, 6) is 0. The number of nitrogens with one attached hydrogen (secondary N) is 1. The second-order valence-corrected chi connectivity index (χ2v) is 7.97. The lowest BCUT2D eigenvalue weighted by Crippen LogP contribution is -2.13. The molecule has 2 aromatic carbocycles. The van der Waals surface area contributed by atoms with Crippen LogP contribution in [0.25, 0.3) is 10.8 Å². The summed E-state index contributed by atoms with van der Waals surface area (Å²) in [5, 5.41) is 1.35. The van der Waals surface area contributed by atoms with Crippen molar-refractivity contribution in [1.82, 2.24) is 4.98 Å². The number of aromatic nitrogens is 1. The molecule has 23 heavy (non-hydrogen) atoms. The van der Waals surface area contributed by atoms with Crippen molar-refractivity contribution >= 4 is 37.3 Å². The van der Waals surface area contributed by atoms with Gasteiger partial charge in [-0.05, 0) is 35.7 Å². The van der Waals surface area contributed by atoms with E-state index in [2.05, 4.69) is 9.71 Å². The van der Waals surface area contributed by atoms with Crippen molar-refractivity contribution < 1.29 is 12.6 Å². The molecule has 0 radical (unpaired) electrons. The molecule has 0 bridgehead atoms. The Kier molecular flexibility index (Phi) is 4.14. The fourth-order valence-corrected chi connectivity index (χ4v) is 4.10. The molecule has 1 N–H and O–H groups in total. The lowest BCUT2D eigenvalue weighted by molar-refractivity contribution is 0.602. The summed E-state index contributed by atoms with van der Waals surface area (Å²) in [6.07, 6.45) is 4.69. The van der Waals surface area contributed by atoms with Crippen LogP contribution in [-0.4, -0.2) is 23.9 Å². The van der Waals surface area contributed by atoms with Crippen LogP contribution in [-0.2, 0) is 20.8 Å². The number of hydrogen-bond acceptors (Lipinski definition) is 4. The van der Waals surface area contributed by atoms with Gasteiger partial charge in [0.05, 0.1) is 10.6 Å². The van der Waals surface area contributed by atoms with Crippen molar-refractivity contribution in [2.45, 2.75) is 9.79 Å². The maximum absolute atomic E-state index is 12.7. The van der Waals surface area contributed by atoms with Gasteiger partial charge in [0.15, 0.2) is 0 Å². The topological polar surface area (TPSA) is 76.1 Å². The molecule has 1 unspecified atom stereocenters. The van der Waals surface area contributed by atoms with Gasteiger partial charge >= 0.3 is 0 Å². The molecule has 3 rings (SSSR count). The highest BCUT2D eigenvalue weighted by Crippen LogP contribution is 2.24. The third-order valence-electron chi connectivity index (χ3n) is 3.35. The monoisotopic (exact) mass is 346 g/mol. The van der Waals surface area contributed by atoms with Crippen LogP contribution >= 0.6 is 0 Å². The minimum absolute atomic E-state index is 0.158.